The summed E-state index contributed by atoms with van der Waals surface area (Å²) in [6.45, 7) is 6.54. The third-order valence-corrected chi connectivity index (χ3v) is 4.45. The average Bonchev–Trinajstić information content (AvgIpc) is 3.18. The molecule has 0 spiro atoms. The molecule has 0 atom stereocenters. The molecule has 0 saturated heterocycles. The Morgan fingerprint density at radius 2 is 1.87 bits per heavy atom. The highest BCUT2D eigenvalue weighted by atomic mass is 16.1. The average molecular weight is 315 g/mol. The van der Waals surface area contributed by atoms with Crippen LogP contribution in [0.5, 0.6) is 0 Å². The van der Waals surface area contributed by atoms with Crippen LogP contribution < -0.4 is 5.32 Å². The fourth-order valence-corrected chi connectivity index (χ4v) is 3.35. The standard InChI is InChI=1S/C17H25N5O/c1-12-10-14(3)21(19-12)9-8-17(23)18-16-11-13(2)20-22(16)15-6-4-5-7-15/h10-11,15H,4-9H2,1-3H3,(H,18,23). The van der Waals surface area contributed by atoms with Crippen LogP contribution in [0.2, 0.25) is 0 Å². The second kappa shape index (κ2) is 6.56. The van der Waals surface area contributed by atoms with Crippen molar-refractivity contribution in [1.29, 1.82) is 0 Å². The Hall–Kier alpha value is -2.11. The van der Waals surface area contributed by atoms with E-state index in [2.05, 4.69) is 15.5 Å². The van der Waals surface area contributed by atoms with E-state index in [1.54, 1.807) is 0 Å². The first-order chi connectivity index (χ1) is 11.0. The number of nitrogens with one attached hydrogen (secondary N) is 1. The Kier molecular flexibility index (Phi) is 4.50. The van der Waals surface area contributed by atoms with Crippen LogP contribution >= 0.6 is 0 Å². The van der Waals surface area contributed by atoms with Crippen LogP contribution in [0.3, 0.4) is 0 Å². The fraction of sp³-hybridized carbons (Fsp3) is 0.588. The summed E-state index contributed by atoms with van der Waals surface area (Å²) in [5.74, 6) is 0.837. The molecule has 0 aromatic carbocycles. The van der Waals surface area contributed by atoms with E-state index >= 15 is 0 Å². The summed E-state index contributed by atoms with van der Waals surface area (Å²) in [6.07, 6.45) is 5.20. The van der Waals surface area contributed by atoms with Gasteiger partial charge in [0.15, 0.2) is 0 Å². The molecule has 1 aliphatic rings. The first kappa shape index (κ1) is 15.8. The summed E-state index contributed by atoms with van der Waals surface area (Å²) in [5, 5.41) is 12.0. The molecule has 23 heavy (non-hydrogen) atoms. The number of anilines is 1. The molecule has 0 unspecified atom stereocenters. The van der Waals surface area contributed by atoms with E-state index in [-0.39, 0.29) is 5.91 Å². The molecular weight excluding hydrogens is 290 g/mol. The first-order valence-corrected chi connectivity index (χ1v) is 8.40. The van der Waals surface area contributed by atoms with E-state index in [1.807, 2.05) is 42.3 Å². The maximum atomic E-state index is 12.3. The van der Waals surface area contributed by atoms with Crippen LogP contribution in [0.1, 0.15) is 55.2 Å². The molecule has 0 radical (unpaired) electrons. The molecule has 1 amide bonds. The summed E-state index contributed by atoms with van der Waals surface area (Å²) >= 11 is 0. The fourth-order valence-electron chi connectivity index (χ4n) is 3.35. The number of aryl methyl sites for hydroxylation is 4. The van der Waals surface area contributed by atoms with Crippen molar-refractivity contribution in [3.63, 3.8) is 0 Å². The van der Waals surface area contributed by atoms with Crippen LogP contribution in [0.25, 0.3) is 0 Å². The van der Waals surface area contributed by atoms with Gasteiger partial charge in [-0.2, -0.15) is 10.2 Å². The van der Waals surface area contributed by atoms with Crippen LogP contribution in [0.4, 0.5) is 5.82 Å². The lowest BCUT2D eigenvalue weighted by Gasteiger charge is -2.14. The number of rotatable bonds is 5. The lowest BCUT2D eigenvalue weighted by atomic mass is 10.2. The van der Waals surface area contributed by atoms with Crippen molar-refractivity contribution in [2.45, 2.75) is 65.5 Å². The van der Waals surface area contributed by atoms with Crippen LogP contribution in [0, 0.1) is 20.8 Å². The molecule has 1 N–H and O–H groups in total. The normalized spacial score (nSPS) is 15.3. The minimum atomic E-state index is 0.0108. The van der Waals surface area contributed by atoms with E-state index in [4.69, 9.17) is 0 Å². The molecular formula is C17H25N5O. The molecule has 0 bridgehead atoms. The number of carbonyl (C=O) groups excluding carboxylic acids is 1. The van der Waals surface area contributed by atoms with Gasteiger partial charge in [-0.1, -0.05) is 12.8 Å². The van der Waals surface area contributed by atoms with Gasteiger partial charge < -0.3 is 5.32 Å². The molecule has 2 aromatic rings. The predicted molar refractivity (Wildman–Crippen MR) is 89.4 cm³/mol. The Morgan fingerprint density at radius 3 is 2.52 bits per heavy atom. The molecule has 124 valence electrons. The number of hydrogen-bond acceptors (Lipinski definition) is 3. The number of nitrogens with zero attached hydrogens (tertiary/aromatic N) is 4. The second-order valence-corrected chi connectivity index (χ2v) is 6.50. The van der Waals surface area contributed by atoms with Crippen molar-refractivity contribution in [3.05, 3.63) is 29.2 Å². The Bertz CT molecular complexity index is 694. The molecule has 3 rings (SSSR count). The molecule has 1 fully saturated rings. The Morgan fingerprint density at radius 1 is 1.17 bits per heavy atom. The maximum Gasteiger partial charge on any atom is 0.227 e. The SMILES string of the molecule is Cc1cc(C)n(CCC(=O)Nc2cc(C)nn2C2CCCC2)n1. The molecule has 1 aliphatic carbocycles. The van der Waals surface area contributed by atoms with Crippen LogP contribution in [-0.4, -0.2) is 25.5 Å². The zero-order valence-electron chi connectivity index (χ0n) is 14.2. The van der Waals surface area contributed by atoms with Gasteiger partial charge in [0.1, 0.15) is 5.82 Å². The predicted octanol–water partition coefficient (Wildman–Crippen LogP) is 3.15. The van der Waals surface area contributed by atoms with Gasteiger partial charge in [0, 0.05) is 24.7 Å². The van der Waals surface area contributed by atoms with Crippen molar-refractivity contribution in [3.8, 4) is 0 Å². The zero-order chi connectivity index (χ0) is 16.4. The number of hydrogen-bond donors (Lipinski definition) is 1. The van der Waals surface area contributed by atoms with Gasteiger partial charge >= 0.3 is 0 Å². The third kappa shape index (κ3) is 3.63. The molecule has 6 nitrogen and oxygen atoms in total. The summed E-state index contributed by atoms with van der Waals surface area (Å²) in [6, 6.07) is 4.41. The lowest BCUT2D eigenvalue weighted by molar-refractivity contribution is -0.116. The van der Waals surface area contributed by atoms with E-state index in [9.17, 15) is 4.79 Å². The van der Waals surface area contributed by atoms with Gasteiger partial charge in [-0.05, 0) is 39.7 Å². The van der Waals surface area contributed by atoms with E-state index in [0.29, 0.717) is 19.0 Å². The van der Waals surface area contributed by atoms with Gasteiger partial charge in [0.25, 0.3) is 0 Å². The minimum Gasteiger partial charge on any atom is -0.311 e. The molecule has 2 aromatic heterocycles. The topological polar surface area (TPSA) is 64.7 Å². The molecule has 6 heteroatoms. The maximum absolute atomic E-state index is 12.3. The zero-order valence-corrected chi connectivity index (χ0v) is 14.2. The highest BCUT2D eigenvalue weighted by Gasteiger charge is 2.21. The second-order valence-electron chi connectivity index (χ2n) is 6.50. The highest BCUT2D eigenvalue weighted by Crippen LogP contribution is 2.31. The van der Waals surface area contributed by atoms with Gasteiger partial charge in [-0.3, -0.25) is 9.48 Å². The molecule has 2 heterocycles. The first-order valence-electron chi connectivity index (χ1n) is 8.40. The van der Waals surface area contributed by atoms with Crippen LogP contribution in [-0.2, 0) is 11.3 Å². The van der Waals surface area contributed by atoms with Crippen molar-refractivity contribution in [1.82, 2.24) is 19.6 Å². The molecule has 0 aliphatic heterocycles. The summed E-state index contributed by atoms with van der Waals surface area (Å²) in [5.41, 5.74) is 3.02. The van der Waals surface area contributed by atoms with Gasteiger partial charge in [-0.15, -0.1) is 0 Å². The number of carbonyl (C=O) groups is 1. The summed E-state index contributed by atoms with van der Waals surface area (Å²) in [7, 11) is 0. The molecule has 1 saturated carbocycles. The third-order valence-electron chi connectivity index (χ3n) is 4.45. The van der Waals surface area contributed by atoms with Gasteiger partial charge in [0.05, 0.1) is 17.4 Å². The Labute approximate surface area is 136 Å². The Balaban J connectivity index is 1.62. The highest BCUT2D eigenvalue weighted by molar-refractivity contribution is 5.89. The lowest BCUT2D eigenvalue weighted by Crippen LogP contribution is -2.19. The van der Waals surface area contributed by atoms with Crippen molar-refractivity contribution >= 4 is 11.7 Å². The number of aromatic nitrogens is 4. The summed E-state index contributed by atoms with van der Waals surface area (Å²) in [4.78, 5) is 12.3. The van der Waals surface area contributed by atoms with Gasteiger partial charge in [0.2, 0.25) is 5.91 Å². The smallest absolute Gasteiger partial charge is 0.227 e. The number of amides is 1. The van der Waals surface area contributed by atoms with Crippen molar-refractivity contribution in [2.24, 2.45) is 0 Å². The van der Waals surface area contributed by atoms with Gasteiger partial charge in [-0.25, -0.2) is 4.68 Å². The largest absolute Gasteiger partial charge is 0.311 e. The minimum absolute atomic E-state index is 0.0108. The monoisotopic (exact) mass is 315 g/mol. The van der Waals surface area contributed by atoms with Crippen molar-refractivity contribution in [2.75, 3.05) is 5.32 Å². The van der Waals surface area contributed by atoms with E-state index in [0.717, 1.165) is 35.7 Å². The van der Waals surface area contributed by atoms with E-state index in [1.165, 1.54) is 12.8 Å². The van der Waals surface area contributed by atoms with E-state index < -0.39 is 0 Å². The van der Waals surface area contributed by atoms with Crippen molar-refractivity contribution < 1.29 is 4.79 Å². The van der Waals surface area contributed by atoms with Crippen LogP contribution in [0.15, 0.2) is 12.1 Å². The quantitative estimate of drug-likeness (QED) is 0.922. The summed E-state index contributed by atoms with van der Waals surface area (Å²) < 4.78 is 3.89.